The van der Waals surface area contributed by atoms with E-state index in [9.17, 15) is 0 Å². The largest absolute Gasteiger partial charge is 0.494 e. The molecule has 0 amide bonds. The first-order valence-electron chi connectivity index (χ1n) is 7.76. The van der Waals surface area contributed by atoms with Crippen LogP contribution in [0.3, 0.4) is 0 Å². The van der Waals surface area contributed by atoms with Gasteiger partial charge in [0.05, 0.1) is 12.8 Å². The van der Waals surface area contributed by atoms with Gasteiger partial charge in [-0.3, -0.25) is 0 Å². The highest BCUT2D eigenvalue weighted by atomic mass is 16.5. The van der Waals surface area contributed by atoms with Crippen LogP contribution in [-0.2, 0) is 0 Å². The molecule has 2 N–H and O–H groups in total. The van der Waals surface area contributed by atoms with Gasteiger partial charge in [-0.25, -0.2) is 0 Å². The summed E-state index contributed by atoms with van der Waals surface area (Å²) in [6.45, 7) is 4.65. The van der Waals surface area contributed by atoms with Gasteiger partial charge in [0.2, 0.25) is 5.95 Å². The van der Waals surface area contributed by atoms with E-state index in [1.165, 1.54) is 0 Å². The normalized spacial score (nSPS) is 10.2. The summed E-state index contributed by atoms with van der Waals surface area (Å²) in [5.41, 5.74) is 2.99. The second-order valence-electron chi connectivity index (χ2n) is 5.24. The van der Waals surface area contributed by atoms with Crippen molar-refractivity contribution >= 4 is 23.1 Å². The van der Waals surface area contributed by atoms with Crippen molar-refractivity contribution in [1.29, 1.82) is 0 Å². The third-order valence-corrected chi connectivity index (χ3v) is 3.27. The molecular formula is C18H19N5O. The molecule has 2 aromatic carbocycles. The van der Waals surface area contributed by atoms with Crippen LogP contribution in [0.1, 0.15) is 12.5 Å². The van der Waals surface area contributed by atoms with E-state index in [0.29, 0.717) is 18.4 Å². The first-order chi connectivity index (χ1) is 11.7. The molecule has 0 saturated carbocycles. The number of aryl methyl sites for hydroxylation is 1. The molecule has 0 aliphatic heterocycles. The predicted molar refractivity (Wildman–Crippen MR) is 95.2 cm³/mol. The molecule has 122 valence electrons. The van der Waals surface area contributed by atoms with E-state index in [2.05, 4.69) is 25.8 Å². The maximum atomic E-state index is 5.43. The summed E-state index contributed by atoms with van der Waals surface area (Å²) >= 11 is 0. The number of aromatic nitrogens is 3. The average molecular weight is 321 g/mol. The maximum Gasteiger partial charge on any atom is 0.249 e. The third-order valence-electron chi connectivity index (χ3n) is 3.27. The first-order valence-corrected chi connectivity index (χ1v) is 7.76. The molecule has 1 heterocycles. The van der Waals surface area contributed by atoms with Crippen LogP contribution in [0.2, 0.25) is 0 Å². The fraction of sp³-hybridized carbons (Fsp3) is 0.167. The van der Waals surface area contributed by atoms with Gasteiger partial charge in [0.15, 0.2) is 5.82 Å². The summed E-state index contributed by atoms with van der Waals surface area (Å²) in [5.74, 6) is 1.89. The topological polar surface area (TPSA) is 72.0 Å². The number of hydrogen-bond donors (Lipinski definition) is 2. The molecular weight excluding hydrogens is 302 g/mol. The Bertz CT molecular complexity index is 805. The molecule has 0 spiro atoms. The van der Waals surface area contributed by atoms with Gasteiger partial charge in [-0.2, -0.15) is 10.1 Å². The van der Waals surface area contributed by atoms with Crippen LogP contribution >= 0.6 is 0 Å². The van der Waals surface area contributed by atoms with Crippen molar-refractivity contribution in [3.05, 3.63) is 60.3 Å². The number of ether oxygens (including phenoxy) is 1. The van der Waals surface area contributed by atoms with E-state index in [-0.39, 0.29) is 0 Å². The van der Waals surface area contributed by atoms with Crippen molar-refractivity contribution in [1.82, 2.24) is 15.2 Å². The van der Waals surface area contributed by atoms with Crippen molar-refractivity contribution in [3.8, 4) is 5.75 Å². The van der Waals surface area contributed by atoms with Crippen LogP contribution in [0.15, 0.2) is 54.7 Å². The molecule has 0 saturated heterocycles. The number of benzene rings is 2. The monoisotopic (exact) mass is 321 g/mol. The number of nitrogens with one attached hydrogen (secondary N) is 2. The molecule has 1 aromatic heterocycles. The fourth-order valence-corrected chi connectivity index (χ4v) is 2.22. The molecule has 3 rings (SSSR count). The van der Waals surface area contributed by atoms with Crippen LogP contribution in [-0.4, -0.2) is 21.8 Å². The van der Waals surface area contributed by atoms with Crippen LogP contribution in [0.4, 0.5) is 23.1 Å². The second-order valence-corrected chi connectivity index (χ2v) is 5.24. The minimum atomic E-state index is 0.441. The zero-order chi connectivity index (χ0) is 16.8. The first kappa shape index (κ1) is 15.7. The van der Waals surface area contributed by atoms with Crippen molar-refractivity contribution < 1.29 is 4.74 Å². The van der Waals surface area contributed by atoms with E-state index in [1.54, 1.807) is 6.20 Å². The molecule has 0 atom stereocenters. The molecule has 3 aromatic rings. The second kappa shape index (κ2) is 7.41. The van der Waals surface area contributed by atoms with Crippen molar-refractivity contribution in [3.63, 3.8) is 0 Å². The molecule has 24 heavy (non-hydrogen) atoms. The van der Waals surface area contributed by atoms with Gasteiger partial charge in [-0.15, -0.1) is 5.10 Å². The lowest BCUT2D eigenvalue weighted by atomic mass is 10.2. The Morgan fingerprint density at radius 1 is 1.00 bits per heavy atom. The standard InChI is InChI=1S/C18H19N5O/c1-3-24-16-9-7-14(8-10-16)20-17-12-19-23-18(22-17)21-15-6-4-5-13(2)11-15/h4-12H,3H2,1-2H3,(H2,20,21,22,23). The Balaban J connectivity index is 1.70. The summed E-state index contributed by atoms with van der Waals surface area (Å²) in [6, 6.07) is 15.7. The number of anilines is 4. The van der Waals surface area contributed by atoms with Gasteiger partial charge in [0.1, 0.15) is 5.75 Å². The van der Waals surface area contributed by atoms with E-state index in [4.69, 9.17) is 4.74 Å². The quantitative estimate of drug-likeness (QED) is 0.713. The minimum absolute atomic E-state index is 0.441. The van der Waals surface area contributed by atoms with Crippen molar-refractivity contribution in [2.45, 2.75) is 13.8 Å². The number of nitrogens with zero attached hydrogens (tertiary/aromatic N) is 3. The lowest BCUT2D eigenvalue weighted by Crippen LogP contribution is -2.02. The molecule has 0 bridgehead atoms. The van der Waals surface area contributed by atoms with Gasteiger partial charge in [-0.05, 0) is 55.8 Å². The SMILES string of the molecule is CCOc1ccc(Nc2cnnc(Nc3cccc(C)c3)n2)cc1. The van der Waals surface area contributed by atoms with E-state index >= 15 is 0 Å². The molecule has 0 radical (unpaired) electrons. The average Bonchev–Trinajstić information content (AvgIpc) is 2.57. The van der Waals surface area contributed by atoms with Gasteiger partial charge in [0, 0.05) is 11.4 Å². The van der Waals surface area contributed by atoms with Crippen LogP contribution in [0.25, 0.3) is 0 Å². The summed E-state index contributed by atoms with van der Waals surface area (Å²) in [4.78, 5) is 4.42. The van der Waals surface area contributed by atoms with Crippen molar-refractivity contribution in [2.75, 3.05) is 17.2 Å². The predicted octanol–water partition coefficient (Wildman–Crippen LogP) is 4.07. The van der Waals surface area contributed by atoms with Gasteiger partial charge >= 0.3 is 0 Å². The highest BCUT2D eigenvalue weighted by Gasteiger charge is 2.03. The Labute approximate surface area is 140 Å². The molecule has 0 aliphatic carbocycles. The molecule has 6 nitrogen and oxygen atoms in total. The van der Waals surface area contributed by atoms with Crippen LogP contribution < -0.4 is 15.4 Å². The van der Waals surface area contributed by atoms with Gasteiger partial charge < -0.3 is 15.4 Å². The van der Waals surface area contributed by atoms with E-state index < -0.39 is 0 Å². The zero-order valence-electron chi connectivity index (χ0n) is 13.7. The van der Waals surface area contributed by atoms with Gasteiger partial charge in [0.25, 0.3) is 0 Å². The smallest absolute Gasteiger partial charge is 0.249 e. The van der Waals surface area contributed by atoms with Crippen molar-refractivity contribution in [2.24, 2.45) is 0 Å². The highest BCUT2D eigenvalue weighted by Crippen LogP contribution is 2.20. The Kier molecular flexibility index (Phi) is 4.86. The highest BCUT2D eigenvalue weighted by molar-refractivity contribution is 5.59. The Hall–Kier alpha value is -3.15. The summed E-state index contributed by atoms with van der Waals surface area (Å²) < 4.78 is 5.43. The Morgan fingerprint density at radius 2 is 1.83 bits per heavy atom. The summed E-state index contributed by atoms with van der Waals surface area (Å²) in [6.07, 6.45) is 1.58. The maximum absolute atomic E-state index is 5.43. The van der Waals surface area contributed by atoms with E-state index in [1.807, 2.05) is 62.4 Å². The van der Waals surface area contributed by atoms with Crippen LogP contribution in [0, 0.1) is 6.92 Å². The molecule has 6 heteroatoms. The molecule has 0 fully saturated rings. The Morgan fingerprint density at radius 3 is 2.58 bits per heavy atom. The molecule has 0 aliphatic rings. The number of rotatable bonds is 6. The fourth-order valence-electron chi connectivity index (χ4n) is 2.22. The van der Waals surface area contributed by atoms with Gasteiger partial charge in [-0.1, -0.05) is 12.1 Å². The zero-order valence-corrected chi connectivity index (χ0v) is 13.7. The minimum Gasteiger partial charge on any atom is -0.494 e. The lowest BCUT2D eigenvalue weighted by Gasteiger charge is -2.09. The molecule has 0 unspecified atom stereocenters. The summed E-state index contributed by atoms with van der Waals surface area (Å²) in [5, 5.41) is 14.4. The third kappa shape index (κ3) is 4.19. The van der Waals surface area contributed by atoms with E-state index in [0.717, 1.165) is 22.7 Å². The lowest BCUT2D eigenvalue weighted by molar-refractivity contribution is 0.340. The van der Waals surface area contributed by atoms with Crippen LogP contribution in [0.5, 0.6) is 5.75 Å². The summed E-state index contributed by atoms with van der Waals surface area (Å²) in [7, 11) is 0. The number of hydrogen-bond acceptors (Lipinski definition) is 6.